The normalized spacial score (nSPS) is 32.6. The van der Waals surface area contributed by atoms with Crippen LogP contribution >= 0.6 is 0 Å². The molecule has 10 nitrogen and oxygen atoms in total. The third-order valence-corrected chi connectivity index (χ3v) is 8.03. The standard InChI is InChI=1S/C25H32N4O6/c1-5-14-15-10-11-16-17(20(31)27-19(16)30)18(15)25(4)22(26-12-13-8-9-13)35-24(33)29(25)21(14)34-23(32)28(6-2)7-3/h10,13,16-18H,5-9,11-12H2,1-4H3,(H,27,30,31)/t16?,17?,18?,25-/m0/s1. The van der Waals surface area contributed by atoms with Gasteiger partial charge in [0.1, 0.15) is 5.54 Å². The average molecular weight is 485 g/mol. The molecule has 0 radical (unpaired) electrons. The highest BCUT2D eigenvalue weighted by Crippen LogP contribution is 2.56. The maximum atomic E-state index is 13.4. The van der Waals surface area contributed by atoms with Gasteiger partial charge in [-0.25, -0.2) is 14.5 Å². The van der Waals surface area contributed by atoms with Crippen LogP contribution in [0.15, 0.2) is 28.1 Å². The number of nitrogens with one attached hydrogen (secondary N) is 1. The Balaban J connectivity index is 1.68. The van der Waals surface area contributed by atoms with Crippen molar-refractivity contribution >= 4 is 29.9 Å². The van der Waals surface area contributed by atoms with Crippen molar-refractivity contribution < 1.29 is 28.7 Å². The van der Waals surface area contributed by atoms with Crippen LogP contribution in [0.4, 0.5) is 9.59 Å². The molecule has 0 aromatic heterocycles. The van der Waals surface area contributed by atoms with Gasteiger partial charge in [-0.15, -0.1) is 0 Å². The first-order valence-electron chi connectivity index (χ1n) is 12.6. The summed E-state index contributed by atoms with van der Waals surface area (Å²) in [4.78, 5) is 59.6. The highest BCUT2D eigenvalue weighted by Gasteiger charge is 2.67. The van der Waals surface area contributed by atoms with E-state index in [0.717, 1.165) is 18.4 Å². The molecule has 1 N–H and O–H groups in total. The topological polar surface area (TPSA) is 118 Å². The number of carbonyl (C=O) groups excluding carboxylic acids is 4. The van der Waals surface area contributed by atoms with Crippen molar-refractivity contribution in [1.29, 1.82) is 0 Å². The summed E-state index contributed by atoms with van der Waals surface area (Å²) in [7, 11) is 0. The van der Waals surface area contributed by atoms with Crippen LogP contribution in [0.3, 0.4) is 0 Å². The van der Waals surface area contributed by atoms with Crippen LogP contribution in [0.25, 0.3) is 0 Å². The monoisotopic (exact) mass is 484 g/mol. The molecule has 3 heterocycles. The van der Waals surface area contributed by atoms with E-state index in [0.29, 0.717) is 44.0 Å². The second kappa shape index (κ2) is 8.49. The molecule has 0 bridgehead atoms. The minimum atomic E-state index is -1.21. The average Bonchev–Trinajstić information content (AvgIpc) is 3.56. The fraction of sp³-hybridized carbons (Fsp3) is 0.640. The number of imide groups is 1. The summed E-state index contributed by atoms with van der Waals surface area (Å²) in [5.41, 5.74) is 0.275. The molecular weight excluding hydrogens is 452 g/mol. The number of nitrogens with zero attached hydrogens (tertiary/aromatic N) is 3. The molecule has 0 aromatic carbocycles. The van der Waals surface area contributed by atoms with Crippen molar-refractivity contribution in [2.24, 2.45) is 28.7 Å². The summed E-state index contributed by atoms with van der Waals surface area (Å²) in [5.74, 6) is -1.60. The van der Waals surface area contributed by atoms with Gasteiger partial charge >= 0.3 is 12.2 Å². The van der Waals surface area contributed by atoms with E-state index in [4.69, 9.17) is 9.47 Å². The first-order chi connectivity index (χ1) is 16.8. The lowest BCUT2D eigenvalue weighted by Gasteiger charge is -2.49. The minimum absolute atomic E-state index is 0.124. The van der Waals surface area contributed by atoms with Crippen molar-refractivity contribution in [2.75, 3.05) is 19.6 Å². The number of cyclic esters (lactones) is 1. The largest absolute Gasteiger partial charge is 0.424 e. The number of ether oxygens (including phenoxy) is 2. The predicted octanol–water partition coefficient (Wildman–Crippen LogP) is 2.95. The van der Waals surface area contributed by atoms with E-state index in [2.05, 4.69) is 10.3 Å². The molecule has 3 unspecified atom stereocenters. The van der Waals surface area contributed by atoms with Gasteiger partial charge in [-0.3, -0.25) is 19.9 Å². The zero-order valence-corrected chi connectivity index (χ0v) is 20.6. The summed E-state index contributed by atoms with van der Waals surface area (Å²) in [6.45, 7) is 8.86. The van der Waals surface area contributed by atoms with Crippen LogP contribution in [0, 0.1) is 23.7 Å². The van der Waals surface area contributed by atoms with Crippen LogP contribution in [0.2, 0.25) is 0 Å². The molecule has 4 amide bonds. The Morgan fingerprint density at radius 2 is 1.94 bits per heavy atom. The van der Waals surface area contributed by atoms with Gasteiger partial charge in [0.2, 0.25) is 23.6 Å². The summed E-state index contributed by atoms with van der Waals surface area (Å²) in [6.07, 6.45) is 3.72. The van der Waals surface area contributed by atoms with Crippen LogP contribution in [-0.2, 0) is 19.1 Å². The van der Waals surface area contributed by atoms with Gasteiger partial charge in [0.05, 0.1) is 11.8 Å². The van der Waals surface area contributed by atoms with Crippen molar-refractivity contribution in [3.63, 3.8) is 0 Å². The molecule has 3 fully saturated rings. The lowest BCUT2D eigenvalue weighted by molar-refractivity contribution is -0.126. The summed E-state index contributed by atoms with van der Waals surface area (Å²) in [5, 5.41) is 2.48. The molecule has 188 valence electrons. The van der Waals surface area contributed by atoms with Crippen molar-refractivity contribution in [2.45, 2.75) is 58.9 Å². The van der Waals surface area contributed by atoms with Gasteiger partial charge in [-0.2, -0.15) is 0 Å². The fourth-order valence-corrected chi connectivity index (χ4v) is 5.96. The molecule has 1 saturated carbocycles. The molecular formula is C25H32N4O6. The summed E-state index contributed by atoms with van der Waals surface area (Å²) < 4.78 is 11.6. The fourth-order valence-electron chi connectivity index (χ4n) is 5.96. The molecule has 2 saturated heterocycles. The highest BCUT2D eigenvalue weighted by atomic mass is 16.6. The first kappa shape index (κ1) is 23.6. The second-order valence-corrected chi connectivity index (χ2v) is 9.98. The third kappa shape index (κ3) is 3.48. The van der Waals surface area contributed by atoms with E-state index < -0.39 is 35.5 Å². The zero-order chi connectivity index (χ0) is 25.1. The van der Waals surface area contributed by atoms with E-state index in [9.17, 15) is 19.2 Å². The van der Waals surface area contributed by atoms with Crippen LogP contribution in [-0.4, -0.2) is 64.9 Å². The van der Waals surface area contributed by atoms with Gasteiger partial charge in [0.25, 0.3) is 0 Å². The van der Waals surface area contributed by atoms with Crippen LogP contribution in [0.5, 0.6) is 0 Å². The molecule has 3 aliphatic heterocycles. The molecule has 0 aromatic rings. The molecule has 35 heavy (non-hydrogen) atoms. The van der Waals surface area contributed by atoms with Gasteiger partial charge in [-0.1, -0.05) is 13.0 Å². The van der Waals surface area contributed by atoms with E-state index in [-0.39, 0.29) is 23.6 Å². The Morgan fingerprint density at radius 3 is 2.57 bits per heavy atom. The van der Waals surface area contributed by atoms with Crippen molar-refractivity contribution in [3.8, 4) is 0 Å². The number of fused-ring (bicyclic) bond motifs is 5. The van der Waals surface area contributed by atoms with Gasteiger partial charge < -0.3 is 14.4 Å². The molecule has 10 heteroatoms. The first-order valence-corrected chi connectivity index (χ1v) is 12.6. The number of allylic oxidation sites excluding steroid dienone is 2. The maximum Gasteiger partial charge on any atom is 0.424 e. The Labute approximate surface area is 204 Å². The Bertz CT molecular complexity index is 1090. The van der Waals surface area contributed by atoms with E-state index in [1.165, 1.54) is 9.80 Å². The quantitative estimate of drug-likeness (QED) is 0.579. The number of hydrogen-bond donors (Lipinski definition) is 1. The lowest BCUT2D eigenvalue weighted by atomic mass is 9.61. The van der Waals surface area contributed by atoms with E-state index in [1.54, 1.807) is 6.92 Å². The zero-order valence-electron chi connectivity index (χ0n) is 20.6. The number of amides is 4. The summed E-state index contributed by atoms with van der Waals surface area (Å²) in [6, 6.07) is 0. The third-order valence-electron chi connectivity index (χ3n) is 8.03. The van der Waals surface area contributed by atoms with Crippen molar-refractivity contribution in [1.82, 2.24) is 15.1 Å². The van der Waals surface area contributed by atoms with E-state index >= 15 is 0 Å². The molecule has 5 rings (SSSR count). The van der Waals surface area contributed by atoms with Gasteiger partial charge in [0, 0.05) is 31.1 Å². The molecule has 5 aliphatic rings. The molecule has 2 aliphatic carbocycles. The van der Waals surface area contributed by atoms with Crippen LogP contribution < -0.4 is 5.32 Å². The van der Waals surface area contributed by atoms with Gasteiger partial charge in [-0.05, 0) is 57.9 Å². The summed E-state index contributed by atoms with van der Waals surface area (Å²) >= 11 is 0. The van der Waals surface area contributed by atoms with Crippen molar-refractivity contribution in [3.05, 3.63) is 23.1 Å². The number of hydrogen-bond acceptors (Lipinski definition) is 7. The Kier molecular flexibility index (Phi) is 5.72. The van der Waals surface area contributed by atoms with E-state index in [1.807, 2.05) is 26.8 Å². The Hall–Kier alpha value is -3.17. The molecule has 0 spiro atoms. The maximum absolute atomic E-state index is 13.4. The number of carbonyl (C=O) groups is 4. The number of rotatable bonds is 6. The predicted molar refractivity (Wildman–Crippen MR) is 125 cm³/mol. The highest BCUT2D eigenvalue weighted by molar-refractivity contribution is 6.08. The number of aliphatic imine (C=N–C) groups is 1. The van der Waals surface area contributed by atoms with Gasteiger partial charge in [0.15, 0.2) is 0 Å². The minimum Gasteiger partial charge on any atom is -0.393 e. The molecule has 4 atom stereocenters. The smallest absolute Gasteiger partial charge is 0.393 e. The second-order valence-electron chi connectivity index (χ2n) is 9.98. The Morgan fingerprint density at radius 1 is 1.23 bits per heavy atom. The van der Waals surface area contributed by atoms with Crippen LogP contribution in [0.1, 0.15) is 53.4 Å². The lowest BCUT2D eigenvalue weighted by Crippen LogP contribution is -2.60. The SMILES string of the molecule is CCC1=C(OC(=O)N(CC)CC)N2C(=O)OC(=NCC3CC3)[C@]2(C)C2C1=CCC1C(=O)NC(=O)C12.